The third-order valence-corrected chi connectivity index (χ3v) is 13.4. The summed E-state index contributed by atoms with van der Waals surface area (Å²) in [6.07, 6.45) is -6.10. The van der Waals surface area contributed by atoms with Crippen LogP contribution < -0.4 is 5.32 Å². The van der Waals surface area contributed by atoms with E-state index in [4.69, 9.17) is 14.2 Å². The number of aliphatic hydroxyl groups is 4. The summed E-state index contributed by atoms with van der Waals surface area (Å²) in [4.78, 5) is 41.9. The van der Waals surface area contributed by atoms with Gasteiger partial charge in [-0.1, -0.05) is 76.2 Å². The van der Waals surface area contributed by atoms with E-state index in [9.17, 15) is 34.8 Å². The Bertz CT molecular complexity index is 1710. The smallest absolute Gasteiger partial charge is 0.338 e. The summed E-state index contributed by atoms with van der Waals surface area (Å²) < 4.78 is 17.7. The van der Waals surface area contributed by atoms with E-state index in [-0.39, 0.29) is 113 Å². The van der Waals surface area contributed by atoms with Crippen LogP contribution in [0.4, 0.5) is 0 Å². The van der Waals surface area contributed by atoms with Gasteiger partial charge in [0.25, 0.3) is 5.91 Å². The van der Waals surface area contributed by atoms with Crippen molar-refractivity contribution in [3.05, 3.63) is 82.9 Å². The average Bonchev–Trinajstić information content (AvgIpc) is 3.10. The molecule has 1 heterocycles. The van der Waals surface area contributed by atoms with Gasteiger partial charge in [-0.05, 0) is 48.6 Å². The molecular weight excluding hydrogens is 1100 g/mol. The number of carbonyl (C=O) groups excluding carboxylic acids is 3. The molecule has 2 aromatic carbocycles. The molecule has 11 atom stereocenters. The van der Waals surface area contributed by atoms with Crippen molar-refractivity contribution in [2.45, 2.75) is 102 Å². The third kappa shape index (κ3) is 6.32. The van der Waals surface area contributed by atoms with Crippen LogP contribution in [0.25, 0.3) is 0 Å². The molecule has 276 valence electrons. The molecule has 11 nitrogen and oxygen atoms in total. The van der Waals surface area contributed by atoms with E-state index < -0.39 is 87.6 Å². The minimum absolute atomic E-state index is 0. The topological polar surface area (TPSA) is 172 Å². The van der Waals surface area contributed by atoms with Gasteiger partial charge >= 0.3 is 5.97 Å². The van der Waals surface area contributed by atoms with Crippen molar-refractivity contribution in [3.8, 4) is 0 Å². The fourth-order valence-corrected chi connectivity index (χ4v) is 9.95. The van der Waals surface area contributed by atoms with E-state index >= 15 is 0 Å². The molecule has 52 heavy (non-hydrogen) atoms. The Kier molecular flexibility index (Phi) is 13.4. The number of ketones is 1. The number of amides is 1. The number of hydrogen-bond acceptors (Lipinski definition) is 10. The number of esters is 1. The van der Waals surface area contributed by atoms with Crippen molar-refractivity contribution >= 4 is 17.7 Å². The molecule has 5 N–H and O–H groups in total. The number of hydrogen-bond donors (Lipinski definition) is 5. The predicted octanol–water partition coefficient (Wildman–Crippen LogP) is 3.05. The molecule has 1 amide bonds. The van der Waals surface area contributed by atoms with Crippen molar-refractivity contribution in [1.29, 1.82) is 0 Å². The fraction of sp³-hybridized carbons (Fsp3) is 0.564. The molecule has 8 unspecified atom stereocenters. The molecule has 6 rings (SSSR count). The van der Waals surface area contributed by atoms with Crippen LogP contribution in [0.15, 0.2) is 71.8 Å². The molecule has 2 saturated carbocycles. The molecule has 3 fully saturated rings. The second kappa shape index (κ2) is 15.8. The first kappa shape index (κ1) is 44.2. The summed E-state index contributed by atoms with van der Waals surface area (Å²) in [5, 5.41) is 51.7. The maximum absolute atomic E-state index is 14.7. The number of fused-ring (bicyclic) bond motifs is 5. The predicted molar refractivity (Wildman–Crippen MR) is 182 cm³/mol. The normalized spacial score (nSPS) is 37.2. The van der Waals surface area contributed by atoms with Crippen LogP contribution in [0.2, 0.25) is 0 Å². The summed E-state index contributed by atoms with van der Waals surface area (Å²) in [5.41, 5.74) is -5.98. The first-order valence-corrected chi connectivity index (χ1v) is 17.2. The second-order valence-corrected chi connectivity index (χ2v) is 15.5. The number of aliphatic hydroxyl groups excluding tert-OH is 2. The molecule has 2 radical (unpaired) electrons. The summed E-state index contributed by atoms with van der Waals surface area (Å²) in [6, 6.07) is 15.7. The van der Waals surface area contributed by atoms with Gasteiger partial charge in [-0.15, -0.1) is 0 Å². The van der Waals surface area contributed by atoms with E-state index in [1.165, 1.54) is 7.11 Å². The quantitative estimate of drug-likeness (QED) is 0.205. The maximum Gasteiger partial charge on any atom is 0.338 e. The van der Waals surface area contributed by atoms with E-state index in [0.29, 0.717) is 16.7 Å². The molecule has 13 heteroatoms. The van der Waals surface area contributed by atoms with Crippen LogP contribution in [0.3, 0.4) is 0 Å². The van der Waals surface area contributed by atoms with E-state index in [2.05, 4.69) is 5.32 Å². The summed E-state index contributed by atoms with van der Waals surface area (Å²) >= 11 is 0. The first-order valence-electron chi connectivity index (χ1n) is 17.2. The molecule has 0 aromatic heterocycles. The van der Waals surface area contributed by atoms with Gasteiger partial charge in [0.2, 0.25) is 0 Å². The summed E-state index contributed by atoms with van der Waals surface area (Å²) in [7, 11) is 1.48. The van der Waals surface area contributed by atoms with Gasteiger partial charge in [0.1, 0.15) is 17.8 Å². The number of ether oxygens (including phenoxy) is 3. The van der Waals surface area contributed by atoms with Gasteiger partial charge in [-0.25, -0.2) is 4.79 Å². The average molecular weight is 1150 g/mol. The number of benzene rings is 2. The Hall–Kier alpha value is -0.567. The Labute approximate surface area is 376 Å². The third-order valence-electron chi connectivity index (χ3n) is 13.4. The minimum Gasteiger partial charge on any atom is -0.456 e. The van der Waals surface area contributed by atoms with Crippen molar-refractivity contribution in [2.75, 3.05) is 13.7 Å². The minimum atomic E-state index is -1.86. The van der Waals surface area contributed by atoms with Crippen molar-refractivity contribution in [3.63, 3.8) is 0 Å². The number of methoxy groups -OCH3 is 1. The van der Waals surface area contributed by atoms with E-state index in [1.54, 1.807) is 102 Å². The summed E-state index contributed by atoms with van der Waals surface area (Å²) in [6.45, 7) is 10.3. The Balaban J connectivity index is 0.00000302. The van der Waals surface area contributed by atoms with E-state index in [1.807, 2.05) is 0 Å². The zero-order valence-electron chi connectivity index (χ0n) is 30.8. The molecule has 1 saturated heterocycles. The van der Waals surface area contributed by atoms with Crippen LogP contribution in [0, 0.1) is 110 Å². The number of nitrogens with one attached hydrogen (secondary N) is 1. The standard InChI is InChI=1S/C39H49NO10.2Ac/c1-21-25(50-34(45)31(42)29(23-14-10-8-11-15-23)40-33(44)24-16-12-9-13-17-24)19-38(46)22(2)37(6)36(5,32(43)30(41)28(21)35(38,3)4)26(48-7)18-27-39(37,47)20-49-27;;/h8-17,22,25-27,29-31,41-42,46-47H,18-20H2,1-7H3,(H,40,44);;/t22-,25?,26?,27?,29?,30?,31?,36-,37?,38?,39-;;/m0../s1. The van der Waals surface area contributed by atoms with Crippen LogP contribution in [-0.4, -0.2) is 93.5 Å². The molecule has 0 spiro atoms. The van der Waals surface area contributed by atoms with Gasteiger partial charge in [-0.3, -0.25) is 9.59 Å². The Morgan fingerprint density at radius 2 is 1.54 bits per heavy atom. The molecule has 4 aliphatic rings. The van der Waals surface area contributed by atoms with Crippen LogP contribution in [-0.2, 0) is 23.8 Å². The summed E-state index contributed by atoms with van der Waals surface area (Å²) in [5.74, 6) is -2.98. The van der Waals surface area contributed by atoms with Gasteiger partial charge < -0.3 is 40.0 Å². The fourth-order valence-electron chi connectivity index (χ4n) is 9.95. The molecule has 3 aliphatic carbocycles. The molecule has 1 aliphatic heterocycles. The molecule has 2 aromatic rings. The number of rotatable bonds is 7. The maximum atomic E-state index is 14.7. The van der Waals surface area contributed by atoms with Crippen molar-refractivity contribution < 1.29 is 137 Å². The van der Waals surface area contributed by atoms with Crippen LogP contribution in [0.5, 0.6) is 0 Å². The van der Waals surface area contributed by atoms with Gasteiger partial charge in [-0.2, -0.15) is 0 Å². The largest absolute Gasteiger partial charge is 0.456 e. The Morgan fingerprint density at radius 3 is 2.08 bits per heavy atom. The molecule has 2 bridgehead atoms. The SMILES string of the molecule is COC1CC2OC[C@@]2(O)C2(C)[C@H](C)C3(O)CC(OC(=O)C(O)C(NC(=O)c4ccccc4)c4ccccc4)C(C)=C(C(O)C(=O)[C@]12C)C3(C)C.[Ac].[Ac]. The van der Waals surface area contributed by atoms with Crippen LogP contribution in [0.1, 0.15) is 76.3 Å². The number of Topliss-reactive ketones (excluding diaryl/α,β-unsaturated/α-hetero) is 1. The number of carbonyl (C=O) groups is 3. The molecular formula is C39H49Ac2NO10. The van der Waals surface area contributed by atoms with Crippen LogP contribution >= 0.6 is 0 Å². The van der Waals surface area contributed by atoms with Gasteiger partial charge in [0.05, 0.1) is 35.9 Å². The van der Waals surface area contributed by atoms with Gasteiger partial charge in [0.15, 0.2) is 11.9 Å². The van der Waals surface area contributed by atoms with Crippen molar-refractivity contribution in [2.24, 2.45) is 22.2 Å². The first-order chi connectivity index (χ1) is 23.4. The Morgan fingerprint density at radius 1 is 0.962 bits per heavy atom. The van der Waals surface area contributed by atoms with E-state index in [0.717, 1.165) is 0 Å². The zero-order chi connectivity index (χ0) is 36.6. The second-order valence-electron chi connectivity index (χ2n) is 15.5. The zero-order valence-corrected chi connectivity index (χ0v) is 40.3. The monoisotopic (exact) mass is 1150 g/mol. The van der Waals surface area contributed by atoms with Crippen molar-refractivity contribution in [1.82, 2.24) is 5.32 Å². The van der Waals surface area contributed by atoms with Gasteiger partial charge in [0, 0.05) is 124 Å².